The highest BCUT2D eigenvalue weighted by atomic mass is 79.9. The van der Waals surface area contributed by atoms with Crippen LogP contribution in [0.3, 0.4) is 0 Å². The Bertz CT molecular complexity index is 1050. The van der Waals surface area contributed by atoms with Gasteiger partial charge in [-0.1, -0.05) is 30.2 Å². The van der Waals surface area contributed by atoms with Gasteiger partial charge in [0.15, 0.2) is 5.54 Å². The van der Waals surface area contributed by atoms with Crippen molar-refractivity contribution in [1.82, 2.24) is 5.32 Å². The van der Waals surface area contributed by atoms with Crippen LogP contribution in [0.25, 0.3) is 0 Å². The van der Waals surface area contributed by atoms with Crippen molar-refractivity contribution in [3.63, 3.8) is 0 Å². The minimum Gasteiger partial charge on any atom is -0.480 e. The fraction of sp³-hybridized carbons (Fsp3) is 0.286. The molecule has 0 bridgehead atoms. The number of ether oxygens (including phenoxy) is 1. The number of para-hydroxylation sites is 1. The molecule has 8 heteroatoms. The summed E-state index contributed by atoms with van der Waals surface area (Å²) in [6.45, 7) is 1.98. The molecule has 1 amide bonds. The lowest BCUT2D eigenvalue weighted by molar-refractivity contribution is -0.532. The molecule has 7 nitrogen and oxygen atoms in total. The second-order valence-electron chi connectivity index (χ2n) is 7.18. The number of hydrogen-bond donors (Lipinski definition) is 2. The number of fused-ring (bicyclic) bond motifs is 2. The number of hydrogen-bond acceptors (Lipinski definition) is 5. The minimum atomic E-state index is -1.42. The van der Waals surface area contributed by atoms with E-state index in [0.29, 0.717) is 21.5 Å². The van der Waals surface area contributed by atoms with Crippen molar-refractivity contribution in [3.8, 4) is 18.1 Å². The molecule has 2 aliphatic rings. The number of rotatable bonds is 4. The number of anilines is 1. The average molecular weight is 456 g/mol. The fourth-order valence-corrected chi connectivity index (χ4v) is 5.03. The van der Waals surface area contributed by atoms with Crippen molar-refractivity contribution < 1.29 is 14.5 Å². The summed E-state index contributed by atoms with van der Waals surface area (Å²) in [5.74, 6) is 2.03. The van der Waals surface area contributed by atoms with Gasteiger partial charge in [0, 0.05) is 22.2 Å². The maximum Gasteiger partial charge on any atom is 0.256 e. The summed E-state index contributed by atoms with van der Waals surface area (Å²) in [4.78, 5) is 24.9. The molecule has 29 heavy (non-hydrogen) atoms. The lowest BCUT2D eigenvalue weighted by Crippen LogP contribution is -2.54. The molecule has 0 saturated carbocycles. The predicted octanol–water partition coefficient (Wildman–Crippen LogP) is 3.03. The average Bonchev–Trinajstić information content (AvgIpc) is 3.15. The van der Waals surface area contributed by atoms with Crippen molar-refractivity contribution in [2.75, 3.05) is 11.9 Å². The molecular weight excluding hydrogens is 438 g/mol. The molecule has 4 atom stereocenters. The van der Waals surface area contributed by atoms with Crippen LogP contribution in [-0.4, -0.2) is 29.5 Å². The van der Waals surface area contributed by atoms with Crippen LogP contribution in [-0.2, 0) is 10.3 Å². The number of nitro groups is 1. The Balaban J connectivity index is 1.80. The third kappa shape index (κ3) is 2.89. The van der Waals surface area contributed by atoms with Crippen molar-refractivity contribution in [2.24, 2.45) is 0 Å². The van der Waals surface area contributed by atoms with Gasteiger partial charge >= 0.3 is 0 Å². The number of amides is 1. The van der Waals surface area contributed by atoms with Crippen LogP contribution in [0.5, 0.6) is 5.75 Å². The Morgan fingerprint density at radius 2 is 2.10 bits per heavy atom. The Kier molecular flexibility index (Phi) is 4.81. The Labute approximate surface area is 176 Å². The zero-order chi connectivity index (χ0) is 20.8. The first-order valence-electron chi connectivity index (χ1n) is 9.08. The number of nitrogens with zero attached hydrogens (tertiary/aromatic N) is 1. The summed E-state index contributed by atoms with van der Waals surface area (Å²) in [7, 11) is 0. The summed E-state index contributed by atoms with van der Waals surface area (Å²) in [6, 6.07) is 10.9. The summed E-state index contributed by atoms with van der Waals surface area (Å²) in [6.07, 6.45) is 5.23. The van der Waals surface area contributed by atoms with E-state index < -0.39 is 23.4 Å². The molecule has 0 unspecified atom stereocenters. The molecule has 2 aromatic carbocycles. The Morgan fingerprint density at radius 1 is 1.34 bits per heavy atom. The number of carbonyl (C=O) groups excluding carboxylic acids is 1. The molecule has 1 saturated heterocycles. The topological polar surface area (TPSA) is 93.5 Å². The van der Waals surface area contributed by atoms with Gasteiger partial charge in [0.25, 0.3) is 11.9 Å². The van der Waals surface area contributed by atoms with Crippen molar-refractivity contribution in [3.05, 3.63) is 68.2 Å². The van der Waals surface area contributed by atoms with Gasteiger partial charge in [0.2, 0.25) is 0 Å². The van der Waals surface area contributed by atoms with Gasteiger partial charge in [0.05, 0.1) is 10.4 Å². The number of terminal acetylenes is 1. The highest BCUT2D eigenvalue weighted by Gasteiger charge is 2.67. The van der Waals surface area contributed by atoms with E-state index in [1.165, 1.54) is 0 Å². The van der Waals surface area contributed by atoms with E-state index in [4.69, 9.17) is 11.2 Å². The molecule has 2 aromatic rings. The minimum absolute atomic E-state index is 0.122. The molecule has 0 radical (unpaired) electrons. The molecule has 4 rings (SSSR count). The first-order chi connectivity index (χ1) is 13.9. The summed E-state index contributed by atoms with van der Waals surface area (Å²) in [5, 5.41) is 18.3. The molecule has 0 aliphatic carbocycles. The Hall–Kier alpha value is -2.89. The number of benzene rings is 2. The molecule has 2 aliphatic heterocycles. The smallest absolute Gasteiger partial charge is 0.256 e. The first kappa shape index (κ1) is 19.4. The summed E-state index contributed by atoms with van der Waals surface area (Å²) in [5.41, 5.74) is 0.522. The van der Waals surface area contributed by atoms with Gasteiger partial charge in [-0.05, 0) is 46.6 Å². The molecule has 148 valence electrons. The fourth-order valence-electron chi connectivity index (χ4n) is 4.51. The summed E-state index contributed by atoms with van der Waals surface area (Å²) < 4.78 is 6.11. The number of halogens is 1. The SMILES string of the molecule is C#CCOc1ccc([C@@H]2[C@H](C)N[C@@]3(C(=O)Nc4ccccc43)[C@H]2[N+](=O)[O-])cc1Br. The molecule has 1 fully saturated rings. The first-order valence-corrected chi connectivity index (χ1v) is 9.87. The van der Waals surface area contributed by atoms with E-state index in [2.05, 4.69) is 32.5 Å². The Morgan fingerprint density at radius 3 is 2.79 bits per heavy atom. The molecule has 2 N–H and O–H groups in total. The van der Waals surface area contributed by atoms with Crippen molar-refractivity contribution in [2.45, 2.75) is 30.5 Å². The summed E-state index contributed by atoms with van der Waals surface area (Å²) >= 11 is 3.45. The van der Waals surface area contributed by atoms with Crippen molar-refractivity contribution >= 4 is 27.5 Å². The van der Waals surface area contributed by atoms with Crippen LogP contribution < -0.4 is 15.4 Å². The second kappa shape index (κ2) is 7.17. The van der Waals surface area contributed by atoms with E-state index in [1.54, 1.807) is 42.5 Å². The van der Waals surface area contributed by atoms with Crippen LogP contribution in [0.1, 0.15) is 24.0 Å². The molecular formula is C21H18BrN3O4. The van der Waals surface area contributed by atoms with Crippen LogP contribution in [0.4, 0.5) is 5.69 Å². The van der Waals surface area contributed by atoms with E-state index in [9.17, 15) is 14.9 Å². The second-order valence-corrected chi connectivity index (χ2v) is 8.03. The van der Waals surface area contributed by atoms with Gasteiger partial charge in [-0.3, -0.25) is 20.2 Å². The van der Waals surface area contributed by atoms with E-state index in [0.717, 1.165) is 5.56 Å². The maximum absolute atomic E-state index is 13.0. The van der Waals surface area contributed by atoms with Crippen LogP contribution in [0, 0.1) is 22.5 Å². The van der Waals surface area contributed by atoms with E-state index in [1.807, 2.05) is 6.92 Å². The molecule has 0 aromatic heterocycles. The zero-order valence-electron chi connectivity index (χ0n) is 15.5. The largest absolute Gasteiger partial charge is 0.480 e. The van der Waals surface area contributed by atoms with Gasteiger partial charge in [-0.25, -0.2) is 0 Å². The van der Waals surface area contributed by atoms with Gasteiger partial charge in [-0.15, -0.1) is 6.42 Å². The zero-order valence-corrected chi connectivity index (χ0v) is 17.1. The lowest BCUT2D eigenvalue weighted by Gasteiger charge is -2.25. The maximum atomic E-state index is 13.0. The normalized spacial score (nSPS) is 27.3. The van der Waals surface area contributed by atoms with Crippen LogP contribution in [0.15, 0.2) is 46.9 Å². The highest BCUT2D eigenvalue weighted by Crippen LogP contribution is 2.50. The lowest BCUT2D eigenvalue weighted by atomic mass is 9.78. The van der Waals surface area contributed by atoms with Gasteiger partial charge in [0.1, 0.15) is 12.4 Å². The monoisotopic (exact) mass is 455 g/mol. The number of nitrogens with one attached hydrogen (secondary N) is 2. The quantitative estimate of drug-likeness (QED) is 0.419. The van der Waals surface area contributed by atoms with Gasteiger partial charge in [-0.2, -0.15) is 0 Å². The van der Waals surface area contributed by atoms with Gasteiger partial charge < -0.3 is 10.1 Å². The third-order valence-electron chi connectivity index (χ3n) is 5.62. The van der Waals surface area contributed by atoms with Crippen LogP contribution >= 0.6 is 15.9 Å². The molecule has 2 heterocycles. The van der Waals surface area contributed by atoms with Crippen molar-refractivity contribution in [1.29, 1.82) is 0 Å². The molecule has 1 spiro atoms. The standard InChI is InChI=1S/C21H18BrN3O4/c1-3-10-29-17-9-8-13(11-15(17)22)18-12(2)24-21(19(18)25(27)28)14-6-4-5-7-16(14)23-20(21)26/h1,4-9,11-12,18-19,24H,10H2,2H3,(H,23,26)/t12-,18-,19-,21+/m0/s1. The highest BCUT2D eigenvalue weighted by molar-refractivity contribution is 9.10. The van der Waals surface area contributed by atoms with E-state index in [-0.39, 0.29) is 17.6 Å². The number of carbonyl (C=O) groups is 1. The van der Waals surface area contributed by atoms with Crippen LogP contribution in [0.2, 0.25) is 0 Å². The van der Waals surface area contributed by atoms with E-state index >= 15 is 0 Å². The predicted molar refractivity (Wildman–Crippen MR) is 111 cm³/mol. The third-order valence-corrected chi connectivity index (χ3v) is 6.23.